The van der Waals surface area contributed by atoms with E-state index >= 15 is 0 Å². The number of hydrogen-bond donors (Lipinski definition) is 2. The van der Waals surface area contributed by atoms with Crippen LogP contribution in [-0.4, -0.2) is 21.1 Å². The van der Waals surface area contributed by atoms with Gasteiger partial charge < -0.3 is 5.32 Å². The zero-order valence-electron chi connectivity index (χ0n) is 11.6. The van der Waals surface area contributed by atoms with Crippen molar-refractivity contribution in [2.45, 2.75) is 26.8 Å². The highest BCUT2D eigenvalue weighted by molar-refractivity contribution is 5.90. The largest absolute Gasteiger partial charge is 0.342 e. The standard InChI is InChI=1S/C14H17FN4O/c1-8(2)12(10-4-6-11(15)7-5-10)17-14(20)13-16-9(3)18-19-13/h4-8,12H,1-3H3,(H,17,20)(H,16,18,19). The van der Waals surface area contributed by atoms with Crippen molar-refractivity contribution in [3.05, 3.63) is 47.3 Å². The van der Waals surface area contributed by atoms with Gasteiger partial charge in [0.1, 0.15) is 11.6 Å². The number of carbonyl (C=O) groups is 1. The molecule has 2 aromatic rings. The van der Waals surface area contributed by atoms with Gasteiger partial charge in [-0.2, -0.15) is 0 Å². The van der Waals surface area contributed by atoms with Crippen LogP contribution < -0.4 is 5.32 Å². The number of carbonyl (C=O) groups excluding carboxylic acids is 1. The van der Waals surface area contributed by atoms with E-state index in [0.717, 1.165) is 5.56 Å². The molecule has 1 unspecified atom stereocenters. The van der Waals surface area contributed by atoms with Crippen molar-refractivity contribution in [2.75, 3.05) is 0 Å². The molecule has 1 heterocycles. The third kappa shape index (κ3) is 3.20. The van der Waals surface area contributed by atoms with E-state index in [1.54, 1.807) is 19.1 Å². The first-order valence-electron chi connectivity index (χ1n) is 6.42. The lowest BCUT2D eigenvalue weighted by molar-refractivity contribution is 0.0915. The molecule has 106 valence electrons. The zero-order chi connectivity index (χ0) is 14.7. The molecule has 0 fully saturated rings. The lowest BCUT2D eigenvalue weighted by Gasteiger charge is -2.22. The van der Waals surface area contributed by atoms with Gasteiger partial charge >= 0.3 is 0 Å². The normalized spacial score (nSPS) is 12.4. The quantitative estimate of drug-likeness (QED) is 0.900. The Kier molecular flexibility index (Phi) is 4.12. The van der Waals surface area contributed by atoms with E-state index in [9.17, 15) is 9.18 Å². The van der Waals surface area contributed by atoms with Crippen LogP contribution in [0.2, 0.25) is 0 Å². The highest BCUT2D eigenvalue weighted by Crippen LogP contribution is 2.22. The maximum atomic E-state index is 13.0. The van der Waals surface area contributed by atoms with Gasteiger partial charge in [-0.25, -0.2) is 9.37 Å². The van der Waals surface area contributed by atoms with Crippen LogP contribution in [0.25, 0.3) is 0 Å². The lowest BCUT2D eigenvalue weighted by atomic mass is 9.96. The number of aromatic amines is 1. The molecular weight excluding hydrogens is 259 g/mol. The average Bonchev–Trinajstić information content (AvgIpc) is 2.83. The number of aromatic nitrogens is 3. The summed E-state index contributed by atoms with van der Waals surface area (Å²) in [5.74, 6) is 0.197. The molecule has 0 saturated heterocycles. The number of aryl methyl sites for hydroxylation is 1. The predicted octanol–water partition coefficient (Wildman–Crippen LogP) is 2.38. The van der Waals surface area contributed by atoms with E-state index in [1.165, 1.54) is 12.1 Å². The lowest BCUT2D eigenvalue weighted by Crippen LogP contribution is -2.32. The molecule has 0 spiro atoms. The fourth-order valence-electron chi connectivity index (χ4n) is 1.96. The van der Waals surface area contributed by atoms with Crippen LogP contribution in [-0.2, 0) is 0 Å². The van der Waals surface area contributed by atoms with Gasteiger partial charge in [0, 0.05) is 0 Å². The van der Waals surface area contributed by atoms with Crippen molar-refractivity contribution in [3.8, 4) is 0 Å². The maximum Gasteiger partial charge on any atom is 0.291 e. The van der Waals surface area contributed by atoms with Gasteiger partial charge in [0.2, 0.25) is 5.82 Å². The zero-order valence-corrected chi connectivity index (χ0v) is 11.6. The van der Waals surface area contributed by atoms with Crippen LogP contribution in [0.3, 0.4) is 0 Å². The number of nitrogens with zero attached hydrogens (tertiary/aromatic N) is 2. The van der Waals surface area contributed by atoms with Crippen molar-refractivity contribution in [1.82, 2.24) is 20.5 Å². The van der Waals surface area contributed by atoms with Crippen molar-refractivity contribution in [1.29, 1.82) is 0 Å². The SMILES string of the molecule is Cc1nc(C(=O)NC(c2ccc(F)cc2)C(C)C)n[nH]1. The van der Waals surface area contributed by atoms with Crippen molar-refractivity contribution in [2.24, 2.45) is 5.92 Å². The van der Waals surface area contributed by atoms with Gasteiger partial charge in [0.25, 0.3) is 5.91 Å². The van der Waals surface area contributed by atoms with Crippen LogP contribution in [0.4, 0.5) is 4.39 Å². The summed E-state index contributed by atoms with van der Waals surface area (Å²) in [6, 6.07) is 5.89. The highest BCUT2D eigenvalue weighted by Gasteiger charge is 2.21. The van der Waals surface area contributed by atoms with E-state index in [2.05, 4.69) is 20.5 Å². The molecule has 1 atom stereocenters. The van der Waals surface area contributed by atoms with Crippen LogP contribution in [0, 0.1) is 18.7 Å². The first-order valence-corrected chi connectivity index (χ1v) is 6.42. The molecule has 1 amide bonds. The first-order chi connectivity index (χ1) is 9.47. The van der Waals surface area contributed by atoms with Gasteiger partial charge in [-0.05, 0) is 30.5 Å². The third-order valence-corrected chi connectivity index (χ3v) is 2.98. The molecule has 2 rings (SSSR count). The van der Waals surface area contributed by atoms with Crippen LogP contribution in [0.15, 0.2) is 24.3 Å². The van der Waals surface area contributed by atoms with Crippen molar-refractivity contribution < 1.29 is 9.18 Å². The second kappa shape index (κ2) is 5.81. The predicted molar refractivity (Wildman–Crippen MR) is 72.6 cm³/mol. The highest BCUT2D eigenvalue weighted by atomic mass is 19.1. The van der Waals surface area contributed by atoms with Gasteiger partial charge in [-0.3, -0.25) is 9.89 Å². The molecule has 0 aliphatic carbocycles. The van der Waals surface area contributed by atoms with Crippen LogP contribution in [0.5, 0.6) is 0 Å². The van der Waals surface area contributed by atoms with E-state index < -0.39 is 0 Å². The minimum Gasteiger partial charge on any atom is -0.342 e. The summed E-state index contributed by atoms with van der Waals surface area (Å²) in [4.78, 5) is 16.1. The Hall–Kier alpha value is -2.24. The van der Waals surface area contributed by atoms with Gasteiger partial charge in [-0.1, -0.05) is 26.0 Å². The van der Waals surface area contributed by atoms with Crippen LogP contribution in [0.1, 0.15) is 41.9 Å². The Morgan fingerprint density at radius 2 is 1.95 bits per heavy atom. The summed E-state index contributed by atoms with van der Waals surface area (Å²) in [6.45, 7) is 5.69. The van der Waals surface area contributed by atoms with Gasteiger partial charge in [0.05, 0.1) is 6.04 Å². The summed E-state index contributed by atoms with van der Waals surface area (Å²) < 4.78 is 13.0. The molecular formula is C14H17FN4O. The molecule has 0 radical (unpaired) electrons. The van der Waals surface area contributed by atoms with Crippen LogP contribution >= 0.6 is 0 Å². The summed E-state index contributed by atoms with van der Waals surface area (Å²) in [6.07, 6.45) is 0. The summed E-state index contributed by atoms with van der Waals surface area (Å²) >= 11 is 0. The van der Waals surface area contributed by atoms with Gasteiger partial charge in [0.15, 0.2) is 0 Å². The number of rotatable bonds is 4. The minimum atomic E-state index is -0.350. The molecule has 0 bridgehead atoms. The molecule has 0 aliphatic heterocycles. The first kappa shape index (κ1) is 14.2. The third-order valence-electron chi connectivity index (χ3n) is 2.98. The minimum absolute atomic E-state index is 0.107. The van der Waals surface area contributed by atoms with Crippen molar-refractivity contribution >= 4 is 5.91 Å². The Bertz CT molecular complexity index is 591. The van der Waals surface area contributed by atoms with Crippen molar-refractivity contribution in [3.63, 3.8) is 0 Å². The Morgan fingerprint density at radius 3 is 2.45 bits per heavy atom. The second-order valence-corrected chi connectivity index (χ2v) is 4.99. The monoisotopic (exact) mass is 276 g/mol. The summed E-state index contributed by atoms with van der Waals surface area (Å²) in [5, 5.41) is 9.33. The Balaban J connectivity index is 2.17. The molecule has 0 saturated carbocycles. The molecule has 20 heavy (non-hydrogen) atoms. The number of H-pyrrole nitrogens is 1. The smallest absolute Gasteiger partial charge is 0.291 e. The van der Waals surface area contributed by atoms with E-state index in [4.69, 9.17) is 0 Å². The Labute approximate surface area is 116 Å². The maximum absolute atomic E-state index is 13.0. The fraction of sp³-hybridized carbons (Fsp3) is 0.357. The molecule has 1 aromatic carbocycles. The Morgan fingerprint density at radius 1 is 1.30 bits per heavy atom. The summed E-state index contributed by atoms with van der Waals surface area (Å²) in [5.41, 5.74) is 0.849. The number of nitrogens with one attached hydrogen (secondary N) is 2. The average molecular weight is 276 g/mol. The molecule has 1 aromatic heterocycles. The van der Waals surface area contributed by atoms with Gasteiger partial charge in [-0.15, -0.1) is 5.10 Å². The molecule has 0 aliphatic rings. The number of halogens is 1. The molecule has 6 heteroatoms. The second-order valence-electron chi connectivity index (χ2n) is 4.99. The van der Waals surface area contributed by atoms with E-state index in [1.807, 2.05) is 13.8 Å². The van der Waals surface area contributed by atoms with E-state index in [0.29, 0.717) is 5.82 Å². The topological polar surface area (TPSA) is 70.7 Å². The number of hydrogen-bond acceptors (Lipinski definition) is 3. The number of amides is 1. The fourth-order valence-corrected chi connectivity index (χ4v) is 1.96. The molecule has 5 nitrogen and oxygen atoms in total. The molecule has 2 N–H and O–H groups in total. The summed E-state index contributed by atoms with van der Waals surface area (Å²) in [7, 11) is 0. The van der Waals surface area contributed by atoms with E-state index in [-0.39, 0.29) is 29.5 Å². The number of benzene rings is 1.